The molecule has 0 saturated heterocycles. The molecule has 0 aliphatic rings. The van der Waals surface area contributed by atoms with E-state index in [4.69, 9.17) is 11.6 Å². The lowest BCUT2D eigenvalue weighted by molar-refractivity contribution is 0.0951. The highest BCUT2D eigenvalue weighted by Crippen LogP contribution is 2.24. The quantitative estimate of drug-likeness (QED) is 0.606. The Labute approximate surface area is 159 Å². The van der Waals surface area contributed by atoms with E-state index in [1.807, 2.05) is 16.1 Å². The van der Waals surface area contributed by atoms with Crippen LogP contribution >= 0.6 is 22.9 Å². The molecular formula is C18H17ClN4O2S. The van der Waals surface area contributed by atoms with Crippen molar-refractivity contribution in [3.05, 3.63) is 69.9 Å². The zero-order valence-corrected chi connectivity index (χ0v) is 15.4. The number of thiophene rings is 1. The van der Waals surface area contributed by atoms with Crippen molar-refractivity contribution >= 4 is 40.4 Å². The third kappa shape index (κ3) is 4.71. The number of hydrogen-bond donors (Lipinski definition) is 2. The fourth-order valence-electron chi connectivity index (χ4n) is 2.34. The van der Waals surface area contributed by atoms with Crippen LogP contribution in [0.1, 0.15) is 26.5 Å². The van der Waals surface area contributed by atoms with E-state index < -0.39 is 0 Å². The Bertz CT molecular complexity index is 879. The standard InChI is InChI=1S/C18H17ClN4O2S/c19-14-5-4-13(11-15(14)22-18(25)16-3-1-10-26-16)17(24)21-6-2-8-23-9-7-20-12-23/h1,3-5,7,9-12H,2,6,8H2,(H,21,24)(H,22,25). The smallest absolute Gasteiger partial charge is 0.265 e. The molecule has 1 aromatic carbocycles. The molecule has 8 heteroatoms. The van der Waals surface area contributed by atoms with Gasteiger partial charge in [0, 0.05) is 31.0 Å². The molecule has 134 valence electrons. The number of aryl methyl sites for hydroxylation is 1. The number of anilines is 1. The van der Waals surface area contributed by atoms with Crippen LogP contribution in [-0.2, 0) is 6.54 Å². The average molecular weight is 389 g/mol. The van der Waals surface area contributed by atoms with Crippen molar-refractivity contribution in [3.8, 4) is 0 Å². The van der Waals surface area contributed by atoms with E-state index in [2.05, 4.69) is 15.6 Å². The van der Waals surface area contributed by atoms with Crippen molar-refractivity contribution in [1.82, 2.24) is 14.9 Å². The van der Waals surface area contributed by atoms with Crippen LogP contribution in [0.15, 0.2) is 54.4 Å². The van der Waals surface area contributed by atoms with Gasteiger partial charge in [0.1, 0.15) is 0 Å². The first kappa shape index (κ1) is 18.2. The summed E-state index contributed by atoms with van der Waals surface area (Å²) in [4.78, 5) is 29.0. The Morgan fingerprint density at radius 2 is 2.12 bits per heavy atom. The highest BCUT2D eigenvalue weighted by Gasteiger charge is 2.12. The van der Waals surface area contributed by atoms with Gasteiger partial charge in [-0.25, -0.2) is 4.98 Å². The van der Waals surface area contributed by atoms with Gasteiger partial charge in [-0.05, 0) is 36.1 Å². The number of amides is 2. The monoisotopic (exact) mass is 388 g/mol. The number of rotatable bonds is 7. The van der Waals surface area contributed by atoms with Crippen LogP contribution in [0, 0.1) is 0 Å². The summed E-state index contributed by atoms with van der Waals surface area (Å²) >= 11 is 7.48. The first-order chi connectivity index (χ1) is 12.6. The molecule has 0 aliphatic carbocycles. The molecule has 6 nitrogen and oxygen atoms in total. The third-order valence-corrected chi connectivity index (χ3v) is 4.86. The van der Waals surface area contributed by atoms with Gasteiger partial charge in [0.05, 0.1) is 21.9 Å². The summed E-state index contributed by atoms with van der Waals surface area (Å²) in [6, 6.07) is 8.35. The molecule has 0 bridgehead atoms. The van der Waals surface area contributed by atoms with Gasteiger partial charge in [0.15, 0.2) is 0 Å². The summed E-state index contributed by atoms with van der Waals surface area (Å²) in [6.45, 7) is 1.32. The maximum absolute atomic E-state index is 12.3. The van der Waals surface area contributed by atoms with Gasteiger partial charge < -0.3 is 15.2 Å². The van der Waals surface area contributed by atoms with Crippen molar-refractivity contribution in [2.24, 2.45) is 0 Å². The van der Waals surface area contributed by atoms with Gasteiger partial charge in [-0.3, -0.25) is 9.59 Å². The van der Waals surface area contributed by atoms with E-state index >= 15 is 0 Å². The van der Waals surface area contributed by atoms with Crippen LogP contribution in [0.2, 0.25) is 5.02 Å². The number of benzene rings is 1. The zero-order valence-electron chi connectivity index (χ0n) is 13.8. The first-order valence-corrected chi connectivity index (χ1v) is 9.27. The average Bonchev–Trinajstić information content (AvgIpc) is 3.34. The van der Waals surface area contributed by atoms with E-state index in [0.717, 1.165) is 13.0 Å². The van der Waals surface area contributed by atoms with E-state index in [1.54, 1.807) is 42.9 Å². The summed E-state index contributed by atoms with van der Waals surface area (Å²) in [6.07, 6.45) is 6.13. The third-order valence-electron chi connectivity index (χ3n) is 3.66. The molecule has 3 aromatic rings. The Kier molecular flexibility index (Phi) is 6.04. The topological polar surface area (TPSA) is 76.0 Å². The Morgan fingerprint density at radius 3 is 2.85 bits per heavy atom. The molecule has 2 amide bonds. The van der Waals surface area contributed by atoms with E-state index in [0.29, 0.717) is 27.7 Å². The number of hydrogen-bond acceptors (Lipinski definition) is 4. The lowest BCUT2D eigenvalue weighted by atomic mass is 10.2. The number of nitrogens with zero attached hydrogens (tertiary/aromatic N) is 2. The molecule has 0 aliphatic heterocycles. The van der Waals surface area contributed by atoms with Crippen LogP contribution in [0.5, 0.6) is 0 Å². The Hall–Kier alpha value is -2.64. The fraction of sp³-hybridized carbons (Fsp3) is 0.167. The van der Waals surface area contributed by atoms with Crippen LogP contribution in [0.4, 0.5) is 5.69 Å². The minimum atomic E-state index is -0.250. The summed E-state index contributed by atoms with van der Waals surface area (Å²) < 4.78 is 1.95. The molecule has 0 radical (unpaired) electrons. The van der Waals surface area contributed by atoms with E-state index in [9.17, 15) is 9.59 Å². The number of carbonyl (C=O) groups excluding carboxylic acids is 2. The minimum absolute atomic E-state index is 0.209. The number of aromatic nitrogens is 2. The van der Waals surface area contributed by atoms with Crippen LogP contribution in [0.25, 0.3) is 0 Å². The van der Waals surface area contributed by atoms with Crippen molar-refractivity contribution in [2.45, 2.75) is 13.0 Å². The molecule has 2 N–H and O–H groups in total. The molecule has 26 heavy (non-hydrogen) atoms. The maximum atomic E-state index is 12.3. The van der Waals surface area contributed by atoms with Gasteiger partial charge in [-0.1, -0.05) is 17.7 Å². The van der Waals surface area contributed by atoms with Crippen molar-refractivity contribution in [2.75, 3.05) is 11.9 Å². The SMILES string of the molecule is O=C(NCCCn1ccnc1)c1ccc(Cl)c(NC(=O)c2cccs2)c1. The fourth-order valence-corrected chi connectivity index (χ4v) is 3.12. The predicted octanol–water partition coefficient (Wildman–Crippen LogP) is 3.67. The molecule has 0 unspecified atom stereocenters. The van der Waals surface area contributed by atoms with Gasteiger partial charge in [-0.2, -0.15) is 0 Å². The van der Waals surface area contributed by atoms with E-state index in [1.165, 1.54) is 11.3 Å². The summed E-state index contributed by atoms with van der Waals surface area (Å²) in [5, 5.41) is 7.81. The normalized spacial score (nSPS) is 10.5. The van der Waals surface area contributed by atoms with Crippen molar-refractivity contribution < 1.29 is 9.59 Å². The molecule has 3 rings (SSSR count). The molecule has 0 spiro atoms. The number of carbonyl (C=O) groups is 2. The Morgan fingerprint density at radius 1 is 1.23 bits per heavy atom. The van der Waals surface area contributed by atoms with Crippen LogP contribution in [-0.4, -0.2) is 27.9 Å². The van der Waals surface area contributed by atoms with Gasteiger partial charge in [0.2, 0.25) is 0 Å². The molecule has 0 atom stereocenters. The number of nitrogens with one attached hydrogen (secondary N) is 2. The lowest BCUT2D eigenvalue weighted by Crippen LogP contribution is -2.25. The molecular weight excluding hydrogens is 372 g/mol. The second-order valence-electron chi connectivity index (χ2n) is 5.54. The second kappa shape index (κ2) is 8.64. The molecule has 2 aromatic heterocycles. The highest BCUT2D eigenvalue weighted by atomic mass is 35.5. The van der Waals surface area contributed by atoms with Crippen LogP contribution < -0.4 is 10.6 Å². The predicted molar refractivity (Wildman–Crippen MR) is 103 cm³/mol. The molecule has 0 saturated carbocycles. The summed E-state index contributed by atoms with van der Waals surface area (Å²) in [7, 11) is 0. The van der Waals surface area contributed by atoms with Gasteiger partial charge in [0.25, 0.3) is 11.8 Å². The number of imidazole rings is 1. The highest BCUT2D eigenvalue weighted by molar-refractivity contribution is 7.12. The maximum Gasteiger partial charge on any atom is 0.265 e. The van der Waals surface area contributed by atoms with Gasteiger partial charge in [-0.15, -0.1) is 11.3 Å². The second-order valence-corrected chi connectivity index (χ2v) is 6.89. The molecule has 2 heterocycles. The van der Waals surface area contributed by atoms with Crippen molar-refractivity contribution in [1.29, 1.82) is 0 Å². The van der Waals surface area contributed by atoms with Crippen molar-refractivity contribution in [3.63, 3.8) is 0 Å². The van der Waals surface area contributed by atoms with E-state index in [-0.39, 0.29) is 11.8 Å². The molecule has 0 fully saturated rings. The first-order valence-electron chi connectivity index (χ1n) is 8.02. The van der Waals surface area contributed by atoms with Crippen LogP contribution in [0.3, 0.4) is 0 Å². The largest absolute Gasteiger partial charge is 0.352 e. The Balaban J connectivity index is 1.57. The number of halogens is 1. The lowest BCUT2D eigenvalue weighted by Gasteiger charge is -2.10. The minimum Gasteiger partial charge on any atom is -0.352 e. The van der Waals surface area contributed by atoms with Gasteiger partial charge >= 0.3 is 0 Å². The summed E-state index contributed by atoms with van der Waals surface area (Å²) in [5.74, 6) is -0.460. The summed E-state index contributed by atoms with van der Waals surface area (Å²) in [5.41, 5.74) is 0.856. The zero-order chi connectivity index (χ0) is 18.4.